The maximum atomic E-state index is 11.0. The molecule has 0 saturated heterocycles. The summed E-state index contributed by atoms with van der Waals surface area (Å²) in [5.41, 5.74) is 3.66. The van der Waals surface area contributed by atoms with Gasteiger partial charge in [-0.2, -0.15) is 0 Å². The van der Waals surface area contributed by atoms with Gasteiger partial charge in [-0.15, -0.1) is 0 Å². The second kappa shape index (κ2) is 15.1. The number of rotatable bonds is 15. The molecule has 4 aromatic rings. The van der Waals surface area contributed by atoms with Gasteiger partial charge in [0, 0.05) is 18.7 Å². The molecule has 4 aromatic carbocycles. The molecule has 0 aliphatic carbocycles. The van der Waals surface area contributed by atoms with Gasteiger partial charge in [0.2, 0.25) is 0 Å². The SMILES string of the molecule is OCc1cc(OCC(O)CN(Cc2ccccc2)[C@@H](O)CCc2ccc(O)cc2)ccc1OCc1ccccc1. The average molecular weight is 544 g/mol. The van der Waals surface area contributed by atoms with Crippen LogP contribution >= 0.6 is 0 Å². The predicted octanol–water partition coefficient (Wildman–Crippen LogP) is 4.66. The first-order valence-corrected chi connectivity index (χ1v) is 13.5. The molecule has 0 amide bonds. The predicted molar refractivity (Wildman–Crippen MR) is 154 cm³/mol. The van der Waals surface area contributed by atoms with Gasteiger partial charge >= 0.3 is 0 Å². The van der Waals surface area contributed by atoms with E-state index in [1.54, 1.807) is 30.3 Å². The number of aryl methyl sites for hydroxylation is 1. The summed E-state index contributed by atoms with van der Waals surface area (Å²) in [5.74, 6) is 1.29. The first-order chi connectivity index (χ1) is 19.5. The molecule has 7 nitrogen and oxygen atoms in total. The Labute approximate surface area is 235 Å². The molecule has 0 saturated carbocycles. The molecule has 7 heteroatoms. The minimum atomic E-state index is -0.862. The van der Waals surface area contributed by atoms with Crippen molar-refractivity contribution in [3.05, 3.63) is 125 Å². The van der Waals surface area contributed by atoms with E-state index in [4.69, 9.17) is 9.47 Å². The number of aliphatic hydroxyl groups is 3. The zero-order valence-electron chi connectivity index (χ0n) is 22.5. The molecule has 2 atom stereocenters. The lowest BCUT2D eigenvalue weighted by Gasteiger charge is -2.30. The van der Waals surface area contributed by atoms with Crippen LogP contribution in [0.3, 0.4) is 0 Å². The Bertz CT molecular complexity index is 1280. The van der Waals surface area contributed by atoms with Crippen LogP contribution in [0.25, 0.3) is 0 Å². The number of hydrogen-bond acceptors (Lipinski definition) is 7. The molecule has 0 heterocycles. The van der Waals surface area contributed by atoms with E-state index in [2.05, 4.69) is 0 Å². The van der Waals surface area contributed by atoms with Crippen molar-refractivity contribution < 1.29 is 29.9 Å². The average Bonchev–Trinajstić information content (AvgIpc) is 2.99. The van der Waals surface area contributed by atoms with Crippen LogP contribution in [0.5, 0.6) is 17.2 Å². The second-order valence-electron chi connectivity index (χ2n) is 9.77. The largest absolute Gasteiger partial charge is 0.508 e. The molecule has 0 spiro atoms. The number of phenolic OH excluding ortho intramolecular Hbond substituents is 1. The number of aliphatic hydroxyl groups excluding tert-OH is 3. The van der Waals surface area contributed by atoms with Gasteiger partial charge < -0.3 is 29.9 Å². The van der Waals surface area contributed by atoms with Crippen molar-refractivity contribution in [3.8, 4) is 17.2 Å². The molecule has 210 valence electrons. The first kappa shape index (κ1) is 29.1. The quantitative estimate of drug-likeness (QED) is 0.162. The van der Waals surface area contributed by atoms with Crippen molar-refractivity contribution in [3.63, 3.8) is 0 Å². The van der Waals surface area contributed by atoms with Gasteiger partial charge in [0.25, 0.3) is 0 Å². The third-order valence-corrected chi connectivity index (χ3v) is 6.60. The van der Waals surface area contributed by atoms with Crippen molar-refractivity contribution in [1.29, 1.82) is 0 Å². The summed E-state index contributed by atoms with van der Waals surface area (Å²) in [5, 5.41) is 41.2. The van der Waals surface area contributed by atoms with Crippen LogP contribution in [0, 0.1) is 0 Å². The number of nitrogens with zero attached hydrogens (tertiary/aromatic N) is 1. The van der Waals surface area contributed by atoms with E-state index in [1.165, 1.54) is 0 Å². The fraction of sp³-hybridized carbons (Fsp3) is 0.273. The Morgan fingerprint density at radius 2 is 1.40 bits per heavy atom. The monoisotopic (exact) mass is 543 g/mol. The summed E-state index contributed by atoms with van der Waals surface area (Å²) in [6.45, 7) is 0.875. The normalized spacial score (nSPS) is 12.7. The zero-order chi connectivity index (χ0) is 28.2. The number of hydrogen-bond donors (Lipinski definition) is 4. The highest BCUT2D eigenvalue weighted by atomic mass is 16.5. The minimum Gasteiger partial charge on any atom is -0.508 e. The van der Waals surface area contributed by atoms with Gasteiger partial charge in [0.1, 0.15) is 42.8 Å². The first-order valence-electron chi connectivity index (χ1n) is 13.5. The molecular weight excluding hydrogens is 506 g/mol. The Kier molecular flexibility index (Phi) is 11.0. The third-order valence-electron chi connectivity index (χ3n) is 6.60. The van der Waals surface area contributed by atoms with Gasteiger partial charge in [-0.25, -0.2) is 0 Å². The molecule has 1 unspecified atom stereocenters. The van der Waals surface area contributed by atoms with Crippen molar-refractivity contribution in [2.75, 3.05) is 13.2 Å². The van der Waals surface area contributed by atoms with Crippen LogP contribution in [0.2, 0.25) is 0 Å². The summed E-state index contributed by atoms with van der Waals surface area (Å²) in [6.07, 6.45) is -0.554. The Balaban J connectivity index is 1.33. The molecule has 4 N–H and O–H groups in total. The molecule has 0 fully saturated rings. The molecule has 0 aliphatic rings. The fourth-order valence-corrected chi connectivity index (χ4v) is 4.41. The van der Waals surface area contributed by atoms with Gasteiger partial charge in [-0.3, -0.25) is 4.90 Å². The Morgan fingerprint density at radius 3 is 2.08 bits per heavy atom. The van der Waals surface area contributed by atoms with Crippen LogP contribution in [0.1, 0.15) is 28.7 Å². The minimum absolute atomic E-state index is 0.0189. The fourth-order valence-electron chi connectivity index (χ4n) is 4.41. The summed E-state index contributed by atoms with van der Waals surface area (Å²) in [4.78, 5) is 1.84. The summed E-state index contributed by atoms with van der Waals surface area (Å²) < 4.78 is 11.7. The number of benzene rings is 4. The summed E-state index contributed by atoms with van der Waals surface area (Å²) >= 11 is 0. The van der Waals surface area contributed by atoms with Gasteiger partial charge in [0.15, 0.2) is 0 Å². The van der Waals surface area contributed by atoms with E-state index in [1.807, 2.05) is 77.7 Å². The highest BCUT2D eigenvalue weighted by Gasteiger charge is 2.20. The molecule has 4 rings (SSSR count). The number of ether oxygens (including phenoxy) is 2. The third kappa shape index (κ3) is 9.10. The topological polar surface area (TPSA) is 103 Å². The van der Waals surface area contributed by atoms with E-state index >= 15 is 0 Å². The Hall–Kier alpha value is -3.88. The van der Waals surface area contributed by atoms with E-state index < -0.39 is 12.3 Å². The maximum Gasteiger partial charge on any atom is 0.125 e. The highest BCUT2D eigenvalue weighted by Crippen LogP contribution is 2.26. The smallest absolute Gasteiger partial charge is 0.125 e. The number of aromatic hydroxyl groups is 1. The highest BCUT2D eigenvalue weighted by molar-refractivity contribution is 5.40. The van der Waals surface area contributed by atoms with E-state index in [0.29, 0.717) is 43.1 Å². The Morgan fingerprint density at radius 1 is 0.725 bits per heavy atom. The van der Waals surface area contributed by atoms with Crippen LogP contribution < -0.4 is 9.47 Å². The van der Waals surface area contributed by atoms with Gasteiger partial charge in [-0.05, 0) is 59.9 Å². The molecule has 40 heavy (non-hydrogen) atoms. The number of phenols is 1. The van der Waals surface area contributed by atoms with Crippen LogP contribution in [-0.4, -0.2) is 50.8 Å². The lowest BCUT2D eigenvalue weighted by atomic mass is 10.1. The second-order valence-corrected chi connectivity index (χ2v) is 9.77. The molecule has 0 aliphatic heterocycles. The van der Waals surface area contributed by atoms with Crippen molar-refractivity contribution >= 4 is 0 Å². The molecule has 0 aromatic heterocycles. The summed E-state index contributed by atoms with van der Waals surface area (Å²) in [7, 11) is 0. The molecule has 0 radical (unpaired) electrons. The van der Waals surface area contributed by atoms with Crippen LogP contribution in [0.4, 0.5) is 0 Å². The molecular formula is C33H37NO6. The lowest BCUT2D eigenvalue weighted by Crippen LogP contribution is -2.42. The zero-order valence-corrected chi connectivity index (χ0v) is 22.5. The summed E-state index contributed by atoms with van der Waals surface area (Å²) in [6, 6.07) is 31.8. The lowest BCUT2D eigenvalue weighted by molar-refractivity contribution is -0.0397. The van der Waals surface area contributed by atoms with Crippen molar-refractivity contribution in [2.24, 2.45) is 0 Å². The van der Waals surface area contributed by atoms with E-state index in [9.17, 15) is 20.4 Å². The van der Waals surface area contributed by atoms with Crippen molar-refractivity contribution in [2.45, 2.75) is 44.9 Å². The van der Waals surface area contributed by atoms with Gasteiger partial charge in [0.05, 0.1) is 6.61 Å². The van der Waals surface area contributed by atoms with Gasteiger partial charge in [-0.1, -0.05) is 72.8 Å². The standard InChI is InChI=1S/C33H37NO6/c35-22-28-19-31(16-17-32(28)40-23-27-9-5-2-6-10-27)39-24-30(37)21-34(20-26-7-3-1-4-8-26)33(38)18-13-25-11-14-29(36)15-12-25/h1-12,14-17,19,30,33,35-38H,13,18,20-24H2/t30?,33-/m0/s1. The van der Waals surface area contributed by atoms with Crippen LogP contribution in [0.15, 0.2) is 103 Å². The maximum absolute atomic E-state index is 11.0. The van der Waals surface area contributed by atoms with Crippen LogP contribution in [-0.2, 0) is 26.2 Å². The van der Waals surface area contributed by atoms with E-state index in [0.717, 1.165) is 16.7 Å². The van der Waals surface area contributed by atoms with Crippen molar-refractivity contribution in [1.82, 2.24) is 4.90 Å². The van der Waals surface area contributed by atoms with E-state index in [-0.39, 0.29) is 25.5 Å². The molecule has 0 bridgehead atoms.